The molecule has 2 atom stereocenters. The largest absolute Gasteiger partial charge is 0.377 e. The molecule has 0 aromatic heterocycles. The van der Waals surface area contributed by atoms with Gasteiger partial charge in [0.25, 0.3) is 0 Å². The molecule has 2 aliphatic rings. The van der Waals surface area contributed by atoms with Crippen LogP contribution in [0.15, 0.2) is 0 Å². The van der Waals surface area contributed by atoms with Crippen LogP contribution in [0, 0.1) is 5.92 Å². The van der Waals surface area contributed by atoms with E-state index in [2.05, 4.69) is 4.90 Å². The first-order chi connectivity index (χ1) is 6.88. The lowest BCUT2D eigenvalue weighted by Crippen LogP contribution is -2.34. The van der Waals surface area contributed by atoms with Gasteiger partial charge in [0, 0.05) is 19.7 Å². The lowest BCUT2D eigenvalue weighted by Gasteiger charge is -2.27. The smallest absolute Gasteiger partial charge is 0.0702 e. The van der Waals surface area contributed by atoms with Crippen molar-refractivity contribution in [2.75, 3.05) is 32.8 Å². The van der Waals surface area contributed by atoms with Crippen molar-refractivity contribution in [3.63, 3.8) is 0 Å². The maximum absolute atomic E-state index is 5.74. The van der Waals surface area contributed by atoms with Gasteiger partial charge in [-0.15, -0.1) is 0 Å². The number of ether oxygens (including phenoxy) is 1. The highest BCUT2D eigenvalue weighted by molar-refractivity contribution is 4.79. The lowest BCUT2D eigenvalue weighted by molar-refractivity contribution is -0.00232. The van der Waals surface area contributed by atoms with Gasteiger partial charge in [0.15, 0.2) is 0 Å². The first kappa shape index (κ1) is 10.4. The van der Waals surface area contributed by atoms with Crippen LogP contribution in [0.25, 0.3) is 0 Å². The number of rotatable bonds is 3. The van der Waals surface area contributed by atoms with Crippen LogP contribution in [-0.2, 0) is 4.74 Å². The fourth-order valence-electron chi connectivity index (χ4n) is 2.51. The third kappa shape index (κ3) is 2.69. The molecule has 2 unspecified atom stereocenters. The van der Waals surface area contributed by atoms with E-state index in [1.807, 2.05) is 0 Å². The maximum Gasteiger partial charge on any atom is 0.0702 e. The molecule has 0 spiro atoms. The van der Waals surface area contributed by atoms with Crippen molar-refractivity contribution >= 4 is 0 Å². The van der Waals surface area contributed by atoms with Gasteiger partial charge in [0.2, 0.25) is 0 Å². The molecule has 0 aliphatic carbocycles. The molecule has 3 heteroatoms. The van der Waals surface area contributed by atoms with Gasteiger partial charge in [0.1, 0.15) is 0 Å². The number of likely N-dealkylation sites (tertiary alicyclic amines) is 1. The van der Waals surface area contributed by atoms with E-state index in [0.717, 1.165) is 25.6 Å². The molecule has 2 heterocycles. The highest BCUT2D eigenvalue weighted by Crippen LogP contribution is 2.19. The van der Waals surface area contributed by atoms with Gasteiger partial charge in [-0.3, -0.25) is 0 Å². The number of hydrogen-bond donors (Lipinski definition) is 1. The van der Waals surface area contributed by atoms with Crippen molar-refractivity contribution in [2.45, 2.75) is 31.8 Å². The molecule has 2 fully saturated rings. The highest BCUT2D eigenvalue weighted by Gasteiger charge is 2.24. The highest BCUT2D eigenvalue weighted by atomic mass is 16.5. The predicted molar refractivity (Wildman–Crippen MR) is 57.2 cm³/mol. The second-order valence-corrected chi connectivity index (χ2v) is 4.64. The lowest BCUT2D eigenvalue weighted by atomic mass is 10.1. The van der Waals surface area contributed by atoms with Gasteiger partial charge in [0.05, 0.1) is 6.10 Å². The Hall–Kier alpha value is -0.120. The zero-order valence-corrected chi connectivity index (χ0v) is 8.95. The van der Waals surface area contributed by atoms with Crippen molar-refractivity contribution in [3.05, 3.63) is 0 Å². The van der Waals surface area contributed by atoms with Gasteiger partial charge in [-0.05, 0) is 44.7 Å². The Kier molecular flexibility index (Phi) is 3.79. The van der Waals surface area contributed by atoms with Crippen molar-refractivity contribution in [1.29, 1.82) is 0 Å². The van der Waals surface area contributed by atoms with Gasteiger partial charge < -0.3 is 15.4 Å². The molecule has 0 amide bonds. The monoisotopic (exact) mass is 198 g/mol. The predicted octanol–water partition coefficient (Wildman–Crippen LogP) is 0.836. The van der Waals surface area contributed by atoms with Gasteiger partial charge in [-0.2, -0.15) is 0 Å². The Morgan fingerprint density at radius 3 is 2.86 bits per heavy atom. The van der Waals surface area contributed by atoms with Crippen molar-refractivity contribution in [2.24, 2.45) is 11.7 Å². The molecule has 14 heavy (non-hydrogen) atoms. The molecule has 2 N–H and O–H groups in total. The minimum atomic E-state index is 0.500. The molecular formula is C11H22N2O. The van der Waals surface area contributed by atoms with E-state index in [1.165, 1.54) is 38.8 Å². The van der Waals surface area contributed by atoms with Crippen molar-refractivity contribution in [3.8, 4) is 0 Å². The van der Waals surface area contributed by atoms with E-state index in [9.17, 15) is 0 Å². The number of hydrogen-bond acceptors (Lipinski definition) is 3. The second kappa shape index (κ2) is 5.10. The molecule has 3 nitrogen and oxygen atoms in total. The van der Waals surface area contributed by atoms with E-state index in [-0.39, 0.29) is 0 Å². The Bertz CT molecular complexity index is 169. The van der Waals surface area contributed by atoms with Gasteiger partial charge >= 0.3 is 0 Å². The molecule has 0 saturated carbocycles. The van der Waals surface area contributed by atoms with Crippen LogP contribution < -0.4 is 5.73 Å². The number of nitrogens with zero attached hydrogens (tertiary/aromatic N) is 1. The Morgan fingerprint density at radius 1 is 1.29 bits per heavy atom. The van der Waals surface area contributed by atoms with Crippen LogP contribution in [0.3, 0.4) is 0 Å². The molecule has 0 radical (unpaired) electrons. The summed E-state index contributed by atoms with van der Waals surface area (Å²) in [6.45, 7) is 5.37. The summed E-state index contributed by atoms with van der Waals surface area (Å²) in [6, 6.07) is 0. The average Bonchev–Trinajstić information content (AvgIpc) is 2.67. The summed E-state index contributed by atoms with van der Waals surface area (Å²) < 4.78 is 5.74. The summed E-state index contributed by atoms with van der Waals surface area (Å²) in [5.74, 6) is 0.735. The first-order valence-electron chi connectivity index (χ1n) is 5.92. The summed E-state index contributed by atoms with van der Waals surface area (Å²) >= 11 is 0. The van der Waals surface area contributed by atoms with Crippen LogP contribution in [-0.4, -0.2) is 43.8 Å². The van der Waals surface area contributed by atoms with E-state index in [0.29, 0.717) is 6.10 Å². The summed E-state index contributed by atoms with van der Waals surface area (Å²) in [7, 11) is 0. The normalized spacial score (nSPS) is 34.9. The standard InChI is InChI=1S/C11H22N2O/c12-7-10-4-5-13(8-10)9-11-3-1-2-6-14-11/h10-11H,1-9,12H2. The molecule has 2 rings (SSSR count). The van der Waals surface area contributed by atoms with Crippen molar-refractivity contribution in [1.82, 2.24) is 4.90 Å². The van der Waals surface area contributed by atoms with Gasteiger partial charge in [-0.1, -0.05) is 0 Å². The van der Waals surface area contributed by atoms with Crippen LogP contribution in [0.1, 0.15) is 25.7 Å². The Balaban J connectivity index is 1.69. The summed E-state index contributed by atoms with van der Waals surface area (Å²) in [4.78, 5) is 2.52. The summed E-state index contributed by atoms with van der Waals surface area (Å²) in [5.41, 5.74) is 5.67. The first-order valence-corrected chi connectivity index (χ1v) is 5.92. The molecule has 0 aromatic rings. The minimum absolute atomic E-state index is 0.500. The Morgan fingerprint density at radius 2 is 2.21 bits per heavy atom. The summed E-state index contributed by atoms with van der Waals surface area (Å²) in [5, 5.41) is 0. The quantitative estimate of drug-likeness (QED) is 0.730. The molecule has 82 valence electrons. The van der Waals surface area contributed by atoms with Crippen molar-refractivity contribution < 1.29 is 4.74 Å². The SMILES string of the molecule is NCC1CCN(CC2CCCCO2)C1. The molecular weight excluding hydrogens is 176 g/mol. The Labute approximate surface area is 86.6 Å². The molecule has 0 aromatic carbocycles. The van der Waals surface area contributed by atoms with E-state index in [4.69, 9.17) is 10.5 Å². The zero-order chi connectivity index (χ0) is 9.80. The van der Waals surface area contributed by atoms with Crippen LogP contribution in [0.2, 0.25) is 0 Å². The van der Waals surface area contributed by atoms with E-state index in [1.54, 1.807) is 0 Å². The zero-order valence-electron chi connectivity index (χ0n) is 8.95. The van der Waals surface area contributed by atoms with E-state index >= 15 is 0 Å². The third-order valence-electron chi connectivity index (χ3n) is 3.44. The molecule has 0 bridgehead atoms. The van der Waals surface area contributed by atoms with Crippen LogP contribution in [0.4, 0.5) is 0 Å². The average molecular weight is 198 g/mol. The molecule has 2 aliphatic heterocycles. The number of nitrogens with two attached hydrogens (primary N) is 1. The second-order valence-electron chi connectivity index (χ2n) is 4.64. The van der Waals surface area contributed by atoms with Crippen LogP contribution in [0.5, 0.6) is 0 Å². The maximum atomic E-state index is 5.74. The summed E-state index contributed by atoms with van der Waals surface area (Å²) in [6.07, 6.45) is 5.63. The molecule has 2 saturated heterocycles. The van der Waals surface area contributed by atoms with Gasteiger partial charge in [-0.25, -0.2) is 0 Å². The van der Waals surface area contributed by atoms with Crippen LogP contribution >= 0.6 is 0 Å². The van der Waals surface area contributed by atoms with E-state index < -0.39 is 0 Å². The minimum Gasteiger partial charge on any atom is -0.377 e. The fourth-order valence-corrected chi connectivity index (χ4v) is 2.51. The third-order valence-corrected chi connectivity index (χ3v) is 3.44. The fraction of sp³-hybridized carbons (Fsp3) is 1.00. The topological polar surface area (TPSA) is 38.5 Å².